The SMILES string of the molecule is Cc1cc(=O)oc2cc(N3C(=O)C4C5C=CC(CC5)C4C3=O)ccc12. The molecule has 4 aliphatic rings. The number of hydrogen-bond donors (Lipinski definition) is 0. The van der Waals surface area contributed by atoms with Crippen LogP contribution in [-0.2, 0) is 9.59 Å². The van der Waals surface area contributed by atoms with Crippen molar-refractivity contribution in [2.75, 3.05) is 4.90 Å². The van der Waals surface area contributed by atoms with Gasteiger partial charge in [-0.1, -0.05) is 12.2 Å². The average Bonchev–Trinajstić information content (AvgIpc) is 2.88. The Bertz CT molecular complexity index is 986. The van der Waals surface area contributed by atoms with Gasteiger partial charge in [-0.05, 0) is 49.3 Å². The fraction of sp³-hybridized carbons (Fsp3) is 0.350. The third-order valence-electron chi connectivity index (χ3n) is 5.95. The van der Waals surface area contributed by atoms with E-state index < -0.39 is 5.63 Å². The van der Waals surface area contributed by atoms with Crippen LogP contribution in [0.4, 0.5) is 5.69 Å². The van der Waals surface area contributed by atoms with Gasteiger partial charge in [0.2, 0.25) is 11.8 Å². The van der Waals surface area contributed by atoms with E-state index in [9.17, 15) is 14.4 Å². The maximum absolute atomic E-state index is 13.0. The van der Waals surface area contributed by atoms with Gasteiger partial charge >= 0.3 is 5.63 Å². The lowest BCUT2D eigenvalue weighted by molar-refractivity contribution is -0.124. The summed E-state index contributed by atoms with van der Waals surface area (Å²) in [6.07, 6.45) is 6.15. The molecule has 4 atom stereocenters. The third-order valence-corrected chi connectivity index (χ3v) is 5.95. The van der Waals surface area contributed by atoms with E-state index in [-0.39, 0.29) is 35.5 Å². The first-order valence-electron chi connectivity index (χ1n) is 8.65. The molecule has 25 heavy (non-hydrogen) atoms. The highest BCUT2D eigenvalue weighted by Gasteiger charge is 2.56. The molecule has 2 fully saturated rings. The predicted octanol–water partition coefficient (Wildman–Crippen LogP) is 2.80. The Hall–Kier alpha value is -2.69. The van der Waals surface area contributed by atoms with Crippen LogP contribution in [-0.4, -0.2) is 11.8 Å². The zero-order valence-corrected chi connectivity index (χ0v) is 13.8. The normalized spacial score (nSPS) is 30.4. The van der Waals surface area contributed by atoms with E-state index in [4.69, 9.17) is 4.42 Å². The highest BCUT2D eigenvalue weighted by Crippen LogP contribution is 2.50. The van der Waals surface area contributed by atoms with Gasteiger partial charge in [0.1, 0.15) is 5.58 Å². The molecule has 1 aromatic carbocycles. The number of amides is 2. The number of rotatable bonds is 1. The van der Waals surface area contributed by atoms with Crippen molar-refractivity contribution in [3.05, 3.63) is 52.4 Å². The maximum atomic E-state index is 13.0. The average molecular weight is 335 g/mol. The molecule has 5 nitrogen and oxygen atoms in total. The van der Waals surface area contributed by atoms with Crippen molar-refractivity contribution in [2.45, 2.75) is 19.8 Å². The fourth-order valence-electron chi connectivity index (χ4n) is 4.78. The summed E-state index contributed by atoms with van der Waals surface area (Å²) in [7, 11) is 0. The maximum Gasteiger partial charge on any atom is 0.336 e. The predicted molar refractivity (Wildman–Crippen MR) is 92.0 cm³/mol. The first-order chi connectivity index (χ1) is 12.0. The Balaban J connectivity index is 1.62. The highest BCUT2D eigenvalue weighted by molar-refractivity contribution is 6.23. The largest absolute Gasteiger partial charge is 0.423 e. The van der Waals surface area contributed by atoms with Crippen molar-refractivity contribution in [3.63, 3.8) is 0 Å². The molecule has 0 spiro atoms. The molecule has 2 aromatic rings. The summed E-state index contributed by atoms with van der Waals surface area (Å²) < 4.78 is 5.27. The minimum absolute atomic E-state index is 0.122. The lowest BCUT2D eigenvalue weighted by Crippen LogP contribution is -2.38. The van der Waals surface area contributed by atoms with E-state index in [0.717, 1.165) is 23.8 Å². The lowest BCUT2D eigenvalue weighted by atomic mass is 9.63. The van der Waals surface area contributed by atoms with Gasteiger partial charge in [0.25, 0.3) is 0 Å². The molecule has 3 aliphatic carbocycles. The summed E-state index contributed by atoms with van der Waals surface area (Å²) in [5.41, 5.74) is 1.27. The molecule has 126 valence electrons. The molecule has 1 saturated carbocycles. The van der Waals surface area contributed by atoms with E-state index in [2.05, 4.69) is 12.2 Å². The van der Waals surface area contributed by atoms with Crippen molar-refractivity contribution in [1.29, 1.82) is 0 Å². The van der Waals surface area contributed by atoms with E-state index in [1.54, 1.807) is 18.2 Å². The van der Waals surface area contributed by atoms with Gasteiger partial charge in [-0.3, -0.25) is 9.59 Å². The fourth-order valence-corrected chi connectivity index (χ4v) is 4.78. The molecular weight excluding hydrogens is 318 g/mol. The Labute approximate surface area is 143 Å². The van der Waals surface area contributed by atoms with Crippen LogP contribution in [0.25, 0.3) is 11.0 Å². The van der Waals surface area contributed by atoms with E-state index in [1.165, 1.54) is 11.0 Å². The second-order valence-electron chi connectivity index (χ2n) is 7.28. The summed E-state index contributed by atoms with van der Waals surface area (Å²) in [6.45, 7) is 1.84. The highest BCUT2D eigenvalue weighted by atomic mass is 16.4. The first-order valence-corrected chi connectivity index (χ1v) is 8.65. The van der Waals surface area contributed by atoms with Gasteiger partial charge < -0.3 is 4.42 Å². The molecule has 0 radical (unpaired) electrons. The zero-order chi connectivity index (χ0) is 17.3. The topological polar surface area (TPSA) is 67.6 Å². The van der Waals surface area contributed by atoms with Crippen LogP contribution >= 0.6 is 0 Å². The number of anilines is 1. The van der Waals surface area contributed by atoms with Crippen LogP contribution in [0.5, 0.6) is 0 Å². The van der Waals surface area contributed by atoms with Gasteiger partial charge in [-0.15, -0.1) is 0 Å². The first kappa shape index (κ1) is 14.6. The number of fused-ring (bicyclic) bond motifs is 2. The molecular formula is C20H17NO4. The minimum atomic E-state index is -0.433. The number of aryl methyl sites for hydroxylation is 1. The molecule has 2 heterocycles. The minimum Gasteiger partial charge on any atom is -0.423 e. The number of allylic oxidation sites excluding steroid dienone is 2. The molecule has 2 bridgehead atoms. The molecule has 4 unspecified atom stereocenters. The van der Waals surface area contributed by atoms with E-state index in [0.29, 0.717) is 11.3 Å². The second-order valence-corrected chi connectivity index (χ2v) is 7.28. The van der Waals surface area contributed by atoms with Crippen LogP contribution in [0, 0.1) is 30.6 Å². The van der Waals surface area contributed by atoms with E-state index in [1.807, 2.05) is 6.92 Å². The van der Waals surface area contributed by atoms with E-state index >= 15 is 0 Å². The van der Waals surface area contributed by atoms with Crippen LogP contribution in [0.1, 0.15) is 18.4 Å². The Morgan fingerprint density at radius 3 is 2.20 bits per heavy atom. The molecule has 5 heteroatoms. The second kappa shape index (κ2) is 4.91. The molecule has 2 amide bonds. The van der Waals surface area contributed by atoms with Crippen molar-refractivity contribution in [2.24, 2.45) is 23.7 Å². The lowest BCUT2D eigenvalue weighted by Gasteiger charge is -2.38. The standard InChI is InChI=1S/C20H17NO4/c1-10-8-16(22)25-15-9-13(6-7-14(10)15)21-19(23)17-11-2-3-12(5-4-11)18(17)20(21)24/h2-3,6-9,11-12,17-18H,4-5H2,1H3. The number of carbonyl (C=O) groups is 2. The van der Waals surface area contributed by atoms with Gasteiger partial charge in [-0.25, -0.2) is 9.69 Å². The molecule has 0 N–H and O–H groups in total. The summed E-state index contributed by atoms with van der Waals surface area (Å²) in [5.74, 6) is -0.395. The number of hydrogen-bond acceptors (Lipinski definition) is 4. The number of nitrogens with zero attached hydrogens (tertiary/aromatic N) is 1. The third kappa shape index (κ3) is 1.92. The quantitative estimate of drug-likeness (QED) is 0.456. The molecule has 1 saturated heterocycles. The van der Waals surface area contributed by atoms with Gasteiger partial charge in [0.15, 0.2) is 0 Å². The van der Waals surface area contributed by atoms with Crippen molar-refractivity contribution < 1.29 is 14.0 Å². The summed E-state index contributed by atoms with van der Waals surface area (Å²) in [6, 6.07) is 6.63. The Kier molecular flexibility index (Phi) is 2.87. The zero-order valence-electron chi connectivity index (χ0n) is 13.8. The van der Waals surface area contributed by atoms with Gasteiger partial charge in [0, 0.05) is 17.5 Å². The van der Waals surface area contributed by atoms with Crippen LogP contribution in [0.3, 0.4) is 0 Å². The summed E-state index contributed by atoms with van der Waals surface area (Å²) >= 11 is 0. The van der Waals surface area contributed by atoms with Crippen LogP contribution < -0.4 is 10.5 Å². The summed E-state index contributed by atoms with van der Waals surface area (Å²) in [4.78, 5) is 38.9. The Morgan fingerprint density at radius 1 is 0.960 bits per heavy atom. The molecule has 1 aliphatic heterocycles. The molecule has 1 aromatic heterocycles. The van der Waals surface area contributed by atoms with Crippen LogP contribution in [0.15, 0.2) is 45.6 Å². The van der Waals surface area contributed by atoms with Crippen molar-refractivity contribution in [3.8, 4) is 0 Å². The van der Waals surface area contributed by atoms with Crippen molar-refractivity contribution in [1.82, 2.24) is 0 Å². The van der Waals surface area contributed by atoms with Gasteiger partial charge in [0.05, 0.1) is 17.5 Å². The molecule has 6 rings (SSSR count). The van der Waals surface area contributed by atoms with Crippen LogP contribution in [0.2, 0.25) is 0 Å². The number of benzene rings is 1. The monoisotopic (exact) mass is 335 g/mol. The Morgan fingerprint density at radius 2 is 1.60 bits per heavy atom. The van der Waals surface area contributed by atoms with Gasteiger partial charge in [-0.2, -0.15) is 0 Å². The number of carbonyl (C=O) groups excluding carboxylic acids is 2. The number of imide groups is 1. The summed E-state index contributed by atoms with van der Waals surface area (Å²) in [5, 5.41) is 0.807. The smallest absolute Gasteiger partial charge is 0.336 e. The van der Waals surface area contributed by atoms with Crippen molar-refractivity contribution >= 4 is 28.5 Å².